The Morgan fingerprint density at radius 3 is 2.82 bits per heavy atom. The van der Waals surface area contributed by atoms with Crippen LogP contribution in [0.25, 0.3) is 0 Å². The van der Waals surface area contributed by atoms with Gasteiger partial charge in [0.1, 0.15) is 0 Å². The molecule has 0 aromatic heterocycles. The minimum absolute atomic E-state index is 0.0165. The van der Waals surface area contributed by atoms with E-state index in [0.717, 1.165) is 18.4 Å². The van der Waals surface area contributed by atoms with E-state index in [2.05, 4.69) is 5.32 Å². The highest BCUT2D eigenvalue weighted by Gasteiger charge is 2.09. The topological polar surface area (TPSA) is 29.1 Å². The van der Waals surface area contributed by atoms with E-state index in [1.807, 2.05) is 31.2 Å². The summed E-state index contributed by atoms with van der Waals surface area (Å²) < 4.78 is 0. The molecule has 0 aliphatic heterocycles. The van der Waals surface area contributed by atoms with Crippen LogP contribution in [0.5, 0.6) is 0 Å². The summed E-state index contributed by atoms with van der Waals surface area (Å²) in [5, 5.41) is 3.63. The van der Waals surface area contributed by atoms with Crippen molar-refractivity contribution in [2.45, 2.75) is 32.2 Å². The van der Waals surface area contributed by atoms with Crippen LogP contribution in [0.1, 0.15) is 37.8 Å². The van der Waals surface area contributed by atoms with Crippen molar-refractivity contribution < 1.29 is 4.79 Å². The van der Waals surface area contributed by atoms with Crippen LogP contribution in [0, 0.1) is 0 Å². The van der Waals surface area contributed by atoms with Gasteiger partial charge >= 0.3 is 0 Å². The van der Waals surface area contributed by atoms with Crippen LogP contribution in [0.2, 0.25) is 5.02 Å². The first-order chi connectivity index (χ1) is 8.13. The molecule has 1 atom stereocenters. The van der Waals surface area contributed by atoms with Crippen molar-refractivity contribution in [3.63, 3.8) is 0 Å². The lowest BCUT2D eigenvalue weighted by Gasteiger charge is -2.14. The van der Waals surface area contributed by atoms with Gasteiger partial charge in [-0.3, -0.25) is 4.79 Å². The number of rotatable bonds is 6. The number of nitrogens with one attached hydrogen (secondary N) is 1. The maximum absolute atomic E-state index is 11.6. The fourth-order valence-electron chi connectivity index (χ4n) is 1.55. The summed E-state index contributed by atoms with van der Waals surface area (Å²) in [7, 11) is 0. The molecule has 0 unspecified atom stereocenters. The second-order valence-corrected chi connectivity index (χ2v) is 4.80. The van der Waals surface area contributed by atoms with E-state index < -0.39 is 0 Å². The molecule has 1 aromatic rings. The van der Waals surface area contributed by atoms with Crippen LogP contribution in [-0.4, -0.2) is 11.8 Å². The summed E-state index contributed by atoms with van der Waals surface area (Å²) in [5.41, 5.74) is 1.02. The zero-order valence-corrected chi connectivity index (χ0v) is 11.4. The SMILES string of the molecule is C[C@@H](NC(=O)CCCCCl)c1cccc(Cl)c1. The van der Waals surface area contributed by atoms with Crippen LogP contribution in [0.3, 0.4) is 0 Å². The van der Waals surface area contributed by atoms with Gasteiger partial charge in [0.15, 0.2) is 0 Å². The third-order valence-electron chi connectivity index (χ3n) is 2.51. The lowest BCUT2D eigenvalue weighted by atomic mass is 10.1. The molecule has 0 radical (unpaired) electrons. The van der Waals surface area contributed by atoms with Crippen molar-refractivity contribution in [1.29, 1.82) is 0 Å². The summed E-state index contributed by atoms with van der Waals surface area (Å²) in [6.07, 6.45) is 2.23. The number of carbonyl (C=O) groups excluding carboxylic acids is 1. The first-order valence-electron chi connectivity index (χ1n) is 5.74. The van der Waals surface area contributed by atoms with Crippen molar-refractivity contribution in [2.75, 3.05) is 5.88 Å². The number of hydrogen-bond donors (Lipinski definition) is 1. The van der Waals surface area contributed by atoms with Crippen LogP contribution in [0.4, 0.5) is 0 Å². The molecule has 0 fully saturated rings. The highest BCUT2D eigenvalue weighted by molar-refractivity contribution is 6.30. The van der Waals surface area contributed by atoms with E-state index >= 15 is 0 Å². The van der Waals surface area contributed by atoms with E-state index in [1.165, 1.54) is 0 Å². The predicted octanol–water partition coefficient (Wildman–Crippen LogP) is 3.93. The van der Waals surface area contributed by atoms with Gasteiger partial charge in [-0.05, 0) is 37.5 Å². The smallest absolute Gasteiger partial charge is 0.220 e. The molecule has 0 heterocycles. The van der Waals surface area contributed by atoms with Crippen molar-refractivity contribution in [3.05, 3.63) is 34.9 Å². The molecule has 1 rings (SSSR count). The van der Waals surface area contributed by atoms with Gasteiger partial charge in [-0.1, -0.05) is 23.7 Å². The fourth-order valence-corrected chi connectivity index (χ4v) is 1.94. The highest BCUT2D eigenvalue weighted by atomic mass is 35.5. The van der Waals surface area contributed by atoms with E-state index in [4.69, 9.17) is 23.2 Å². The van der Waals surface area contributed by atoms with E-state index in [0.29, 0.717) is 17.3 Å². The van der Waals surface area contributed by atoms with Gasteiger partial charge in [0.25, 0.3) is 0 Å². The Balaban J connectivity index is 2.43. The number of benzene rings is 1. The summed E-state index contributed by atoms with van der Waals surface area (Å²) in [6.45, 7) is 1.95. The molecule has 0 bridgehead atoms. The highest BCUT2D eigenvalue weighted by Crippen LogP contribution is 2.17. The minimum Gasteiger partial charge on any atom is -0.350 e. The molecule has 0 aliphatic rings. The molecule has 94 valence electrons. The van der Waals surface area contributed by atoms with E-state index in [9.17, 15) is 4.79 Å². The van der Waals surface area contributed by atoms with Gasteiger partial charge in [0.2, 0.25) is 5.91 Å². The second kappa shape index (κ2) is 7.57. The average molecular weight is 274 g/mol. The standard InChI is InChI=1S/C13H17Cl2NO/c1-10(11-5-4-6-12(15)9-11)16-13(17)7-2-3-8-14/h4-6,9-10H,2-3,7-8H2,1H3,(H,16,17)/t10-/m1/s1. The van der Waals surface area contributed by atoms with Crippen LogP contribution < -0.4 is 5.32 Å². The van der Waals surface area contributed by atoms with Crippen molar-refractivity contribution in [1.82, 2.24) is 5.32 Å². The van der Waals surface area contributed by atoms with Crippen LogP contribution in [-0.2, 0) is 4.79 Å². The van der Waals surface area contributed by atoms with Crippen molar-refractivity contribution in [3.8, 4) is 0 Å². The summed E-state index contributed by atoms with van der Waals surface area (Å²) in [5.74, 6) is 0.666. The molecule has 2 nitrogen and oxygen atoms in total. The normalized spacial score (nSPS) is 12.2. The summed E-state index contributed by atoms with van der Waals surface area (Å²) in [6, 6.07) is 7.51. The molecule has 0 saturated heterocycles. The molecule has 0 spiro atoms. The van der Waals surface area contributed by atoms with Gasteiger partial charge in [-0.25, -0.2) is 0 Å². The first kappa shape index (κ1) is 14.3. The molecular weight excluding hydrogens is 257 g/mol. The van der Waals surface area contributed by atoms with E-state index in [1.54, 1.807) is 0 Å². The summed E-state index contributed by atoms with van der Waals surface area (Å²) >= 11 is 11.5. The number of alkyl halides is 1. The lowest BCUT2D eigenvalue weighted by Crippen LogP contribution is -2.26. The minimum atomic E-state index is -0.0165. The first-order valence-corrected chi connectivity index (χ1v) is 6.65. The van der Waals surface area contributed by atoms with Crippen molar-refractivity contribution >= 4 is 29.1 Å². The van der Waals surface area contributed by atoms with Gasteiger partial charge < -0.3 is 5.32 Å². The van der Waals surface area contributed by atoms with Gasteiger partial charge in [-0.15, -0.1) is 11.6 Å². The Bertz CT molecular complexity index is 368. The fraction of sp³-hybridized carbons (Fsp3) is 0.462. The Hall–Kier alpha value is -0.730. The zero-order chi connectivity index (χ0) is 12.7. The second-order valence-electron chi connectivity index (χ2n) is 3.99. The molecule has 0 saturated carbocycles. The average Bonchev–Trinajstić information content (AvgIpc) is 2.29. The predicted molar refractivity (Wildman–Crippen MR) is 72.6 cm³/mol. The summed E-state index contributed by atoms with van der Waals surface area (Å²) in [4.78, 5) is 11.6. The lowest BCUT2D eigenvalue weighted by molar-refractivity contribution is -0.121. The quantitative estimate of drug-likeness (QED) is 0.618. The van der Waals surface area contributed by atoms with Crippen molar-refractivity contribution in [2.24, 2.45) is 0 Å². The van der Waals surface area contributed by atoms with Gasteiger partial charge in [0, 0.05) is 17.3 Å². The molecule has 1 aromatic carbocycles. The van der Waals surface area contributed by atoms with E-state index in [-0.39, 0.29) is 11.9 Å². The Kier molecular flexibility index (Phi) is 6.38. The maximum atomic E-state index is 11.6. The monoisotopic (exact) mass is 273 g/mol. The number of carbonyl (C=O) groups is 1. The Labute approximate surface area is 112 Å². The van der Waals surface area contributed by atoms with Crippen LogP contribution in [0.15, 0.2) is 24.3 Å². The number of halogens is 2. The third-order valence-corrected chi connectivity index (χ3v) is 3.02. The Morgan fingerprint density at radius 1 is 1.41 bits per heavy atom. The maximum Gasteiger partial charge on any atom is 0.220 e. The number of unbranched alkanes of at least 4 members (excludes halogenated alkanes) is 1. The van der Waals surface area contributed by atoms with Crippen LogP contribution >= 0.6 is 23.2 Å². The molecule has 0 aliphatic carbocycles. The number of hydrogen-bond acceptors (Lipinski definition) is 1. The third kappa shape index (κ3) is 5.42. The molecule has 1 amide bonds. The molecule has 1 N–H and O–H groups in total. The van der Waals surface area contributed by atoms with Gasteiger partial charge in [0.05, 0.1) is 6.04 Å². The Morgan fingerprint density at radius 2 is 2.18 bits per heavy atom. The molecule has 17 heavy (non-hydrogen) atoms. The largest absolute Gasteiger partial charge is 0.350 e. The van der Waals surface area contributed by atoms with Gasteiger partial charge in [-0.2, -0.15) is 0 Å². The molecular formula is C13H17Cl2NO. The zero-order valence-electron chi connectivity index (χ0n) is 9.88. The number of amides is 1. The molecule has 4 heteroatoms.